The molecule has 29 heavy (non-hydrogen) atoms. The third-order valence-corrected chi connectivity index (χ3v) is 5.88. The molecule has 0 saturated heterocycles. The third-order valence-electron chi connectivity index (χ3n) is 5.88. The largest absolute Gasteiger partial charge is 0.376 e. The minimum Gasteiger partial charge on any atom is -0.376 e. The summed E-state index contributed by atoms with van der Waals surface area (Å²) >= 11 is 0. The molecule has 1 aliphatic carbocycles. The van der Waals surface area contributed by atoms with Gasteiger partial charge in [-0.25, -0.2) is 8.78 Å². The summed E-state index contributed by atoms with van der Waals surface area (Å²) in [4.78, 5) is 0. The van der Waals surface area contributed by atoms with Gasteiger partial charge in [-0.1, -0.05) is 37.1 Å². The maximum absolute atomic E-state index is 13.9. The van der Waals surface area contributed by atoms with E-state index in [1.165, 1.54) is 60.6 Å². The number of rotatable bonds is 9. The molecule has 2 nitrogen and oxygen atoms in total. The Hall–Kier alpha value is -1.30. The molecule has 2 aromatic carbocycles. The molecule has 2 aromatic rings. The summed E-state index contributed by atoms with van der Waals surface area (Å²) in [6, 6.07) is 10.2. The Morgan fingerprint density at radius 1 is 1.00 bits per heavy atom. The van der Waals surface area contributed by atoms with Crippen molar-refractivity contribution in [1.82, 2.24) is 5.32 Å². The average molecular weight is 468 g/mol. The lowest BCUT2D eigenvalue weighted by Crippen LogP contribution is -2.29. The number of halogens is 3. The fraction of sp³-hybridized carbons (Fsp3) is 0.500. The van der Waals surface area contributed by atoms with E-state index in [1.54, 1.807) is 0 Å². The highest BCUT2D eigenvalue weighted by molar-refractivity contribution is 8.93. The van der Waals surface area contributed by atoms with Gasteiger partial charge in [-0.15, -0.1) is 17.0 Å². The molecule has 1 atom stereocenters. The standard InChI is InChI=1S/C24H31F2NO.BrH/c1-17-7-5-8-18(2)24(17)20(14-27-13-19-9-3-4-10-19)15-28-16-21-22(25)11-6-12-23(21)26;/h5-8,11-12,19-20,27H,3-4,9-10,13-16H2,1-2H3;1H. The molecule has 0 aliphatic heterocycles. The van der Waals surface area contributed by atoms with Crippen molar-refractivity contribution in [3.05, 3.63) is 70.3 Å². The second-order valence-corrected chi connectivity index (χ2v) is 8.03. The van der Waals surface area contributed by atoms with Gasteiger partial charge in [-0.05, 0) is 68.0 Å². The van der Waals surface area contributed by atoms with Gasteiger partial charge in [-0.2, -0.15) is 0 Å². The quantitative estimate of drug-likeness (QED) is 0.471. The molecular formula is C24H32BrF2NO. The van der Waals surface area contributed by atoms with Gasteiger partial charge in [0.1, 0.15) is 11.6 Å². The Kier molecular flexibility index (Phi) is 9.73. The number of aryl methyl sites for hydroxylation is 2. The van der Waals surface area contributed by atoms with Gasteiger partial charge in [0.05, 0.1) is 13.2 Å². The smallest absolute Gasteiger partial charge is 0.131 e. The summed E-state index contributed by atoms with van der Waals surface area (Å²) in [5.41, 5.74) is 3.73. The third kappa shape index (κ3) is 6.59. The zero-order valence-corrected chi connectivity index (χ0v) is 19.1. The van der Waals surface area contributed by atoms with Gasteiger partial charge >= 0.3 is 0 Å². The van der Waals surface area contributed by atoms with Crippen molar-refractivity contribution >= 4 is 17.0 Å². The predicted octanol–water partition coefficient (Wildman–Crippen LogP) is 6.24. The van der Waals surface area contributed by atoms with E-state index in [2.05, 4.69) is 37.4 Å². The first-order valence-electron chi connectivity index (χ1n) is 10.3. The molecule has 0 heterocycles. The van der Waals surface area contributed by atoms with Crippen LogP contribution in [0.25, 0.3) is 0 Å². The van der Waals surface area contributed by atoms with Crippen LogP contribution in [0, 0.1) is 31.4 Å². The zero-order chi connectivity index (χ0) is 19.9. The van der Waals surface area contributed by atoms with Crippen LogP contribution in [-0.4, -0.2) is 19.7 Å². The molecule has 0 spiro atoms. The monoisotopic (exact) mass is 467 g/mol. The van der Waals surface area contributed by atoms with E-state index in [4.69, 9.17) is 4.74 Å². The average Bonchev–Trinajstić information content (AvgIpc) is 3.17. The number of nitrogens with one attached hydrogen (secondary N) is 1. The van der Waals surface area contributed by atoms with E-state index in [0.29, 0.717) is 6.61 Å². The van der Waals surface area contributed by atoms with Gasteiger partial charge in [0.15, 0.2) is 0 Å². The zero-order valence-electron chi connectivity index (χ0n) is 17.3. The van der Waals surface area contributed by atoms with Crippen LogP contribution in [0.2, 0.25) is 0 Å². The first-order chi connectivity index (χ1) is 13.6. The fourth-order valence-electron chi connectivity index (χ4n) is 4.37. The Morgan fingerprint density at radius 3 is 2.21 bits per heavy atom. The van der Waals surface area contributed by atoms with E-state index >= 15 is 0 Å². The highest BCUT2D eigenvalue weighted by Crippen LogP contribution is 2.26. The van der Waals surface area contributed by atoms with Crippen LogP contribution in [0.4, 0.5) is 8.78 Å². The molecule has 1 saturated carbocycles. The van der Waals surface area contributed by atoms with Gasteiger partial charge < -0.3 is 10.1 Å². The Morgan fingerprint density at radius 2 is 1.59 bits per heavy atom. The van der Waals surface area contributed by atoms with Crippen LogP contribution in [-0.2, 0) is 11.3 Å². The highest BCUT2D eigenvalue weighted by Gasteiger charge is 2.19. The molecule has 0 amide bonds. The molecule has 0 aromatic heterocycles. The van der Waals surface area contributed by atoms with Crippen molar-refractivity contribution in [3.8, 4) is 0 Å². The van der Waals surface area contributed by atoms with Crippen LogP contribution in [0.1, 0.15) is 53.9 Å². The second kappa shape index (κ2) is 11.8. The lowest BCUT2D eigenvalue weighted by atomic mass is 9.91. The highest BCUT2D eigenvalue weighted by atomic mass is 79.9. The van der Waals surface area contributed by atoms with Gasteiger partial charge in [-0.3, -0.25) is 0 Å². The van der Waals surface area contributed by atoms with Crippen molar-refractivity contribution in [2.24, 2.45) is 5.92 Å². The van der Waals surface area contributed by atoms with Crippen LogP contribution >= 0.6 is 17.0 Å². The molecule has 1 fully saturated rings. The maximum Gasteiger partial charge on any atom is 0.131 e. The summed E-state index contributed by atoms with van der Waals surface area (Å²) in [5.74, 6) is -0.185. The molecule has 0 bridgehead atoms. The van der Waals surface area contributed by atoms with E-state index in [9.17, 15) is 8.78 Å². The second-order valence-electron chi connectivity index (χ2n) is 8.03. The Bertz CT molecular complexity index is 737. The van der Waals surface area contributed by atoms with Crippen LogP contribution in [0.3, 0.4) is 0 Å². The molecule has 160 valence electrons. The number of benzene rings is 2. The lowest BCUT2D eigenvalue weighted by Gasteiger charge is -2.23. The topological polar surface area (TPSA) is 21.3 Å². The van der Waals surface area contributed by atoms with Crippen molar-refractivity contribution in [2.75, 3.05) is 19.7 Å². The molecule has 0 radical (unpaired) electrons. The minimum absolute atomic E-state index is 0. The summed E-state index contributed by atoms with van der Waals surface area (Å²) in [7, 11) is 0. The van der Waals surface area contributed by atoms with E-state index in [0.717, 1.165) is 19.0 Å². The molecule has 1 aliphatic rings. The van der Waals surface area contributed by atoms with Crippen molar-refractivity contribution < 1.29 is 13.5 Å². The molecule has 5 heteroatoms. The summed E-state index contributed by atoms with van der Waals surface area (Å²) < 4.78 is 33.5. The molecule has 1 unspecified atom stereocenters. The summed E-state index contributed by atoms with van der Waals surface area (Å²) in [6.07, 6.45) is 5.29. The summed E-state index contributed by atoms with van der Waals surface area (Å²) in [5, 5.41) is 3.62. The van der Waals surface area contributed by atoms with Crippen molar-refractivity contribution in [2.45, 2.75) is 52.1 Å². The number of hydrogen-bond donors (Lipinski definition) is 1. The predicted molar refractivity (Wildman–Crippen MR) is 120 cm³/mol. The fourth-order valence-corrected chi connectivity index (χ4v) is 4.37. The van der Waals surface area contributed by atoms with Crippen LogP contribution in [0.15, 0.2) is 36.4 Å². The van der Waals surface area contributed by atoms with Crippen molar-refractivity contribution in [3.63, 3.8) is 0 Å². The maximum atomic E-state index is 13.9. The minimum atomic E-state index is -0.553. The SMILES string of the molecule is Br.Cc1cccc(C)c1C(CNCC1CCCC1)COCc1c(F)cccc1F. The Balaban J connectivity index is 0.00000300. The number of ether oxygens (including phenoxy) is 1. The van der Waals surface area contributed by atoms with Crippen LogP contribution < -0.4 is 5.32 Å². The van der Waals surface area contributed by atoms with Crippen LogP contribution in [0.5, 0.6) is 0 Å². The number of hydrogen-bond acceptors (Lipinski definition) is 2. The molecule has 1 N–H and O–H groups in total. The normalized spacial score (nSPS) is 15.3. The first kappa shape index (κ1) is 24.0. The van der Waals surface area contributed by atoms with Gasteiger partial charge in [0, 0.05) is 18.0 Å². The lowest BCUT2D eigenvalue weighted by molar-refractivity contribution is 0.101. The first-order valence-corrected chi connectivity index (χ1v) is 10.3. The van der Waals surface area contributed by atoms with Gasteiger partial charge in [0.25, 0.3) is 0 Å². The Labute approximate surface area is 183 Å². The molecule has 3 rings (SSSR count). The van der Waals surface area contributed by atoms with E-state index in [1.807, 2.05) is 0 Å². The van der Waals surface area contributed by atoms with E-state index < -0.39 is 11.6 Å². The summed E-state index contributed by atoms with van der Waals surface area (Å²) in [6.45, 7) is 6.44. The van der Waals surface area contributed by atoms with Gasteiger partial charge in [0.2, 0.25) is 0 Å². The van der Waals surface area contributed by atoms with Crippen molar-refractivity contribution in [1.29, 1.82) is 0 Å². The molecular weight excluding hydrogens is 436 g/mol. The van der Waals surface area contributed by atoms with E-state index in [-0.39, 0.29) is 35.1 Å².